The highest BCUT2D eigenvalue weighted by molar-refractivity contribution is 5.73. The predicted octanol–water partition coefficient (Wildman–Crippen LogP) is 1.99. The highest BCUT2D eigenvalue weighted by atomic mass is 16.3. The monoisotopic (exact) mass is 280 g/mol. The third-order valence-corrected chi connectivity index (χ3v) is 3.67. The number of amides is 2. The summed E-state index contributed by atoms with van der Waals surface area (Å²) < 4.78 is 0. The van der Waals surface area contributed by atoms with Gasteiger partial charge < -0.3 is 20.8 Å². The number of rotatable bonds is 6. The summed E-state index contributed by atoms with van der Waals surface area (Å²) in [5, 5.41) is 24.7. The van der Waals surface area contributed by atoms with Crippen LogP contribution in [0.15, 0.2) is 24.3 Å². The quantitative estimate of drug-likeness (QED) is 0.643. The molecule has 1 aromatic rings. The minimum absolute atomic E-state index is 0.111. The number of phenols is 1. The van der Waals surface area contributed by atoms with Crippen molar-refractivity contribution in [1.29, 1.82) is 0 Å². The first kappa shape index (κ1) is 16.3. The second-order valence-corrected chi connectivity index (χ2v) is 5.37. The fourth-order valence-corrected chi connectivity index (χ4v) is 1.73. The first-order chi connectivity index (χ1) is 9.35. The number of aliphatic hydroxyl groups is 1. The Bertz CT molecular complexity index is 429. The van der Waals surface area contributed by atoms with Gasteiger partial charge in [0.25, 0.3) is 0 Å². The fraction of sp³-hybridized carbons (Fsp3) is 0.533. The molecule has 0 aliphatic rings. The molecule has 0 fully saturated rings. The zero-order valence-corrected chi connectivity index (χ0v) is 12.3. The van der Waals surface area contributed by atoms with Crippen LogP contribution < -0.4 is 10.6 Å². The van der Waals surface area contributed by atoms with E-state index < -0.39 is 5.60 Å². The number of carbonyl (C=O) groups excluding carboxylic acids is 1. The van der Waals surface area contributed by atoms with Crippen LogP contribution in [0.25, 0.3) is 0 Å². The molecule has 0 aliphatic heterocycles. The van der Waals surface area contributed by atoms with E-state index in [2.05, 4.69) is 10.6 Å². The van der Waals surface area contributed by atoms with Crippen molar-refractivity contribution >= 4 is 6.03 Å². The summed E-state index contributed by atoms with van der Waals surface area (Å²) in [5.41, 5.74) is -0.0170. The summed E-state index contributed by atoms with van der Waals surface area (Å²) >= 11 is 0. The second-order valence-electron chi connectivity index (χ2n) is 5.37. The van der Waals surface area contributed by atoms with Crippen molar-refractivity contribution in [2.75, 3.05) is 6.54 Å². The maximum Gasteiger partial charge on any atom is 0.315 e. The van der Waals surface area contributed by atoms with Crippen LogP contribution in [-0.2, 0) is 6.54 Å². The molecule has 0 saturated carbocycles. The van der Waals surface area contributed by atoms with Gasteiger partial charge in [-0.2, -0.15) is 0 Å². The molecule has 2 amide bonds. The van der Waals surface area contributed by atoms with Crippen LogP contribution in [-0.4, -0.2) is 28.4 Å². The summed E-state index contributed by atoms with van der Waals surface area (Å²) in [6, 6.07) is 6.31. The Morgan fingerprint density at radius 1 is 1.30 bits per heavy atom. The molecule has 0 radical (unpaired) electrons. The molecule has 2 atom stereocenters. The maximum atomic E-state index is 11.7. The summed E-state index contributed by atoms with van der Waals surface area (Å²) in [6.45, 7) is 6.27. The van der Waals surface area contributed by atoms with E-state index in [0.29, 0.717) is 6.54 Å². The van der Waals surface area contributed by atoms with Crippen molar-refractivity contribution in [2.45, 2.75) is 39.3 Å². The molecule has 0 saturated heterocycles. The van der Waals surface area contributed by atoms with Gasteiger partial charge in [0, 0.05) is 13.1 Å². The van der Waals surface area contributed by atoms with Gasteiger partial charge in [-0.1, -0.05) is 32.4 Å². The lowest BCUT2D eigenvalue weighted by Crippen LogP contribution is -2.47. The van der Waals surface area contributed by atoms with Gasteiger partial charge in [-0.15, -0.1) is 0 Å². The largest absolute Gasteiger partial charge is 0.508 e. The number of aromatic hydroxyl groups is 1. The maximum absolute atomic E-state index is 11.7. The molecule has 2 unspecified atom stereocenters. The molecule has 0 aromatic heterocycles. The van der Waals surface area contributed by atoms with E-state index in [1.165, 1.54) is 0 Å². The van der Waals surface area contributed by atoms with Gasteiger partial charge >= 0.3 is 6.03 Å². The molecule has 0 spiro atoms. The van der Waals surface area contributed by atoms with Gasteiger partial charge in [-0.25, -0.2) is 4.79 Å². The number of hydrogen-bond acceptors (Lipinski definition) is 3. The van der Waals surface area contributed by atoms with Gasteiger partial charge in [0.05, 0.1) is 5.60 Å². The number of nitrogens with one attached hydrogen (secondary N) is 2. The molecular formula is C15H24N2O3. The van der Waals surface area contributed by atoms with Crippen molar-refractivity contribution in [3.05, 3.63) is 29.8 Å². The zero-order valence-electron chi connectivity index (χ0n) is 12.3. The van der Waals surface area contributed by atoms with Crippen LogP contribution in [0, 0.1) is 5.92 Å². The molecule has 0 heterocycles. The van der Waals surface area contributed by atoms with Crippen LogP contribution in [0.5, 0.6) is 5.75 Å². The molecule has 5 nitrogen and oxygen atoms in total. The van der Waals surface area contributed by atoms with Crippen molar-refractivity contribution in [3.63, 3.8) is 0 Å². The second kappa shape index (κ2) is 7.14. The van der Waals surface area contributed by atoms with Gasteiger partial charge in [0.1, 0.15) is 5.75 Å². The van der Waals surface area contributed by atoms with Crippen molar-refractivity contribution < 1.29 is 15.0 Å². The third kappa shape index (κ3) is 5.09. The smallest absolute Gasteiger partial charge is 0.315 e. The lowest BCUT2D eigenvalue weighted by atomic mass is 9.89. The Balaban J connectivity index is 2.35. The van der Waals surface area contributed by atoms with E-state index >= 15 is 0 Å². The summed E-state index contributed by atoms with van der Waals surface area (Å²) in [4.78, 5) is 11.7. The van der Waals surface area contributed by atoms with Crippen molar-refractivity contribution in [3.8, 4) is 5.75 Å². The SMILES string of the molecule is CCC(C)C(C)(O)CNC(=O)NCc1ccc(O)cc1. The number of phenolic OH excluding ortho intramolecular Hbond substituents is 1. The van der Waals surface area contributed by atoms with E-state index in [1.807, 2.05) is 13.8 Å². The van der Waals surface area contributed by atoms with Crippen LogP contribution in [0.1, 0.15) is 32.8 Å². The minimum Gasteiger partial charge on any atom is -0.508 e. The minimum atomic E-state index is -0.912. The Morgan fingerprint density at radius 2 is 1.90 bits per heavy atom. The highest BCUT2D eigenvalue weighted by Gasteiger charge is 2.27. The molecule has 1 rings (SSSR count). The lowest BCUT2D eigenvalue weighted by Gasteiger charge is -2.29. The Kier molecular flexibility index (Phi) is 5.82. The Hall–Kier alpha value is -1.75. The first-order valence-corrected chi connectivity index (χ1v) is 6.87. The molecule has 20 heavy (non-hydrogen) atoms. The average Bonchev–Trinajstić information content (AvgIpc) is 2.43. The van der Waals surface area contributed by atoms with Gasteiger partial charge in [-0.05, 0) is 30.5 Å². The van der Waals surface area contributed by atoms with E-state index in [-0.39, 0.29) is 24.2 Å². The Labute approximate surface area is 120 Å². The summed E-state index contributed by atoms with van der Waals surface area (Å²) in [7, 11) is 0. The van der Waals surface area contributed by atoms with E-state index in [0.717, 1.165) is 12.0 Å². The standard InChI is InChI=1S/C15H24N2O3/c1-4-11(2)15(3,20)10-17-14(19)16-9-12-5-7-13(18)8-6-12/h5-8,11,18,20H,4,9-10H2,1-3H3,(H2,16,17,19). The van der Waals surface area contributed by atoms with Crippen LogP contribution in [0.4, 0.5) is 4.79 Å². The van der Waals surface area contributed by atoms with E-state index in [9.17, 15) is 9.90 Å². The molecule has 112 valence electrons. The number of benzene rings is 1. The lowest BCUT2D eigenvalue weighted by molar-refractivity contribution is 0.00790. The van der Waals surface area contributed by atoms with E-state index in [4.69, 9.17) is 5.11 Å². The number of carbonyl (C=O) groups is 1. The van der Waals surface area contributed by atoms with Crippen LogP contribution >= 0.6 is 0 Å². The first-order valence-electron chi connectivity index (χ1n) is 6.87. The number of hydrogen-bond donors (Lipinski definition) is 4. The molecule has 0 bridgehead atoms. The molecular weight excluding hydrogens is 256 g/mol. The fourth-order valence-electron chi connectivity index (χ4n) is 1.73. The average molecular weight is 280 g/mol. The van der Waals surface area contributed by atoms with E-state index in [1.54, 1.807) is 31.2 Å². The van der Waals surface area contributed by atoms with Crippen molar-refractivity contribution in [2.24, 2.45) is 5.92 Å². The predicted molar refractivity (Wildman–Crippen MR) is 78.4 cm³/mol. The van der Waals surface area contributed by atoms with Gasteiger partial charge in [0.15, 0.2) is 0 Å². The highest BCUT2D eigenvalue weighted by Crippen LogP contribution is 2.18. The summed E-state index contributed by atoms with van der Waals surface area (Å²) in [5.74, 6) is 0.308. The molecule has 0 aliphatic carbocycles. The Morgan fingerprint density at radius 3 is 2.45 bits per heavy atom. The van der Waals surface area contributed by atoms with Crippen molar-refractivity contribution in [1.82, 2.24) is 10.6 Å². The summed E-state index contributed by atoms with van der Waals surface area (Å²) in [6.07, 6.45) is 0.851. The number of urea groups is 1. The van der Waals surface area contributed by atoms with Crippen LogP contribution in [0.3, 0.4) is 0 Å². The van der Waals surface area contributed by atoms with Gasteiger partial charge in [-0.3, -0.25) is 0 Å². The zero-order chi connectivity index (χ0) is 15.2. The normalized spacial score (nSPS) is 15.2. The third-order valence-electron chi connectivity index (χ3n) is 3.67. The molecule has 1 aromatic carbocycles. The van der Waals surface area contributed by atoms with Gasteiger partial charge in [0.2, 0.25) is 0 Å². The molecule has 4 N–H and O–H groups in total. The topological polar surface area (TPSA) is 81.6 Å². The van der Waals surface area contributed by atoms with Crippen LogP contribution in [0.2, 0.25) is 0 Å². The molecule has 5 heteroatoms.